The van der Waals surface area contributed by atoms with Crippen LogP contribution in [0.1, 0.15) is 29.5 Å². The van der Waals surface area contributed by atoms with Gasteiger partial charge in [-0.1, -0.05) is 12.1 Å². The lowest BCUT2D eigenvalue weighted by molar-refractivity contribution is -0.140. The first-order valence-electron chi connectivity index (χ1n) is 8.30. The summed E-state index contributed by atoms with van der Waals surface area (Å²) in [7, 11) is 0. The Labute approximate surface area is 152 Å². The molecule has 3 rings (SSSR count). The Bertz CT molecular complexity index is 894. The molecule has 27 heavy (non-hydrogen) atoms. The molecule has 1 heterocycles. The predicted octanol–water partition coefficient (Wildman–Crippen LogP) is 4.30. The molecule has 142 valence electrons. The van der Waals surface area contributed by atoms with Crippen molar-refractivity contribution in [2.75, 3.05) is 10.6 Å². The fourth-order valence-electron chi connectivity index (χ4n) is 2.93. The van der Waals surface area contributed by atoms with Crippen molar-refractivity contribution in [3.63, 3.8) is 0 Å². The molecular formula is C19H16F4N2O2. The highest BCUT2D eigenvalue weighted by Gasteiger charge is 2.34. The lowest BCUT2D eigenvalue weighted by Crippen LogP contribution is -2.14. The minimum Gasteiger partial charge on any atom is -0.326 e. The summed E-state index contributed by atoms with van der Waals surface area (Å²) in [5, 5.41) is 5.09. The van der Waals surface area contributed by atoms with E-state index in [0.29, 0.717) is 31.4 Å². The highest BCUT2D eigenvalue weighted by Crippen LogP contribution is 2.33. The SMILES string of the molecule is O=C(CCCc1ccc2c(c1)CC(=O)N2)Nc1ccc(F)c(C(F)(F)F)c1. The van der Waals surface area contributed by atoms with Crippen LogP contribution in [0.15, 0.2) is 36.4 Å². The van der Waals surface area contributed by atoms with Gasteiger partial charge in [0.2, 0.25) is 11.8 Å². The summed E-state index contributed by atoms with van der Waals surface area (Å²) in [5.41, 5.74) is 1.16. The molecule has 0 bridgehead atoms. The molecule has 0 aliphatic carbocycles. The fourth-order valence-corrected chi connectivity index (χ4v) is 2.93. The molecule has 2 aromatic rings. The average Bonchev–Trinajstić information content (AvgIpc) is 2.95. The molecule has 2 amide bonds. The van der Waals surface area contributed by atoms with E-state index in [1.54, 1.807) is 0 Å². The molecule has 0 fully saturated rings. The van der Waals surface area contributed by atoms with Crippen molar-refractivity contribution in [1.29, 1.82) is 0 Å². The van der Waals surface area contributed by atoms with Gasteiger partial charge in [-0.25, -0.2) is 4.39 Å². The molecule has 0 aromatic heterocycles. The minimum absolute atomic E-state index is 0.0564. The molecule has 1 aliphatic rings. The number of nitrogens with one attached hydrogen (secondary N) is 2. The van der Waals surface area contributed by atoms with E-state index in [2.05, 4.69) is 10.6 Å². The summed E-state index contributed by atoms with van der Waals surface area (Å²) < 4.78 is 51.3. The number of benzene rings is 2. The second-order valence-electron chi connectivity index (χ2n) is 6.31. The zero-order valence-corrected chi connectivity index (χ0v) is 14.1. The van der Waals surface area contributed by atoms with Crippen LogP contribution in [0.25, 0.3) is 0 Å². The zero-order valence-electron chi connectivity index (χ0n) is 14.1. The molecule has 0 saturated heterocycles. The Hall–Kier alpha value is -2.90. The third kappa shape index (κ3) is 4.64. The molecule has 0 unspecified atom stereocenters. The van der Waals surface area contributed by atoms with Crippen LogP contribution in [0.3, 0.4) is 0 Å². The lowest BCUT2D eigenvalue weighted by atomic mass is 10.0. The van der Waals surface area contributed by atoms with Crippen LogP contribution < -0.4 is 10.6 Å². The predicted molar refractivity (Wildman–Crippen MR) is 91.7 cm³/mol. The smallest absolute Gasteiger partial charge is 0.326 e. The van der Waals surface area contributed by atoms with Crippen molar-refractivity contribution in [3.05, 3.63) is 58.9 Å². The highest BCUT2D eigenvalue weighted by atomic mass is 19.4. The molecule has 0 saturated carbocycles. The van der Waals surface area contributed by atoms with Gasteiger partial charge in [-0.2, -0.15) is 13.2 Å². The number of alkyl halides is 3. The topological polar surface area (TPSA) is 58.2 Å². The normalized spacial score (nSPS) is 13.3. The van der Waals surface area contributed by atoms with Crippen LogP contribution in [0, 0.1) is 5.82 Å². The first-order chi connectivity index (χ1) is 12.7. The monoisotopic (exact) mass is 380 g/mol. The van der Waals surface area contributed by atoms with E-state index in [1.165, 1.54) is 0 Å². The maximum atomic E-state index is 13.3. The second-order valence-corrected chi connectivity index (χ2v) is 6.31. The second kappa shape index (κ2) is 7.38. The number of hydrogen-bond donors (Lipinski definition) is 2. The van der Waals surface area contributed by atoms with Crippen LogP contribution >= 0.6 is 0 Å². The fraction of sp³-hybridized carbons (Fsp3) is 0.263. The molecule has 0 spiro atoms. The van der Waals surface area contributed by atoms with Gasteiger partial charge in [0.05, 0.1) is 12.0 Å². The van der Waals surface area contributed by atoms with Crippen molar-refractivity contribution in [1.82, 2.24) is 0 Å². The van der Waals surface area contributed by atoms with E-state index in [4.69, 9.17) is 0 Å². The molecule has 2 aromatic carbocycles. The van der Waals surface area contributed by atoms with E-state index in [-0.39, 0.29) is 18.0 Å². The van der Waals surface area contributed by atoms with Gasteiger partial charge >= 0.3 is 6.18 Å². The summed E-state index contributed by atoms with van der Waals surface area (Å²) in [5.74, 6) is -1.89. The van der Waals surface area contributed by atoms with Crippen LogP contribution in [0.4, 0.5) is 28.9 Å². The van der Waals surface area contributed by atoms with Gasteiger partial charge in [-0.3, -0.25) is 9.59 Å². The quantitative estimate of drug-likeness (QED) is 0.760. The summed E-state index contributed by atoms with van der Waals surface area (Å²) in [4.78, 5) is 23.3. The summed E-state index contributed by atoms with van der Waals surface area (Å²) in [6.45, 7) is 0. The van der Waals surface area contributed by atoms with Crippen molar-refractivity contribution >= 4 is 23.2 Å². The van der Waals surface area contributed by atoms with Crippen LogP contribution in [-0.4, -0.2) is 11.8 Å². The standard InChI is InChI=1S/C19H16F4N2O2/c20-15-6-5-13(10-14(15)19(21,22)23)24-17(26)3-1-2-11-4-7-16-12(8-11)9-18(27)25-16/h4-8,10H,1-3,9H2,(H,24,26)(H,25,27). The number of fused-ring (bicyclic) bond motifs is 1. The van der Waals surface area contributed by atoms with E-state index in [1.807, 2.05) is 18.2 Å². The number of hydrogen-bond acceptors (Lipinski definition) is 2. The molecule has 4 nitrogen and oxygen atoms in total. The van der Waals surface area contributed by atoms with E-state index in [0.717, 1.165) is 22.9 Å². The number of halogens is 4. The maximum Gasteiger partial charge on any atom is 0.419 e. The molecule has 0 atom stereocenters. The highest BCUT2D eigenvalue weighted by molar-refractivity contribution is 5.99. The molecule has 0 radical (unpaired) electrons. The molecular weight excluding hydrogens is 364 g/mol. The Morgan fingerprint density at radius 2 is 1.93 bits per heavy atom. The van der Waals surface area contributed by atoms with E-state index >= 15 is 0 Å². The molecule has 2 N–H and O–H groups in total. The van der Waals surface area contributed by atoms with Gasteiger partial charge in [0.1, 0.15) is 5.82 Å². The Morgan fingerprint density at radius 1 is 1.15 bits per heavy atom. The molecule has 8 heteroatoms. The number of anilines is 2. The first-order valence-corrected chi connectivity index (χ1v) is 8.30. The van der Waals surface area contributed by atoms with Gasteiger partial charge in [0.15, 0.2) is 0 Å². The lowest BCUT2D eigenvalue weighted by Gasteiger charge is -2.11. The van der Waals surface area contributed by atoms with Gasteiger partial charge in [0.25, 0.3) is 0 Å². The van der Waals surface area contributed by atoms with Gasteiger partial charge in [-0.15, -0.1) is 0 Å². The number of aryl methyl sites for hydroxylation is 1. The van der Waals surface area contributed by atoms with Crippen LogP contribution in [-0.2, 0) is 28.6 Å². The van der Waals surface area contributed by atoms with Crippen molar-refractivity contribution in [3.8, 4) is 0 Å². The van der Waals surface area contributed by atoms with Gasteiger partial charge in [-0.05, 0) is 48.2 Å². The first kappa shape index (κ1) is 18.9. The third-order valence-corrected chi connectivity index (χ3v) is 4.22. The van der Waals surface area contributed by atoms with Crippen LogP contribution in [0.2, 0.25) is 0 Å². The summed E-state index contributed by atoms with van der Waals surface area (Å²) >= 11 is 0. The van der Waals surface area contributed by atoms with E-state index in [9.17, 15) is 27.2 Å². The zero-order chi connectivity index (χ0) is 19.6. The Balaban J connectivity index is 1.53. The van der Waals surface area contributed by atoms with Gasteiger partial charge in [0, 0.05) is 17.8 Å². The maximum absolute atomic E-state index is 13.3. The van der Waals surface area contributed by atoms with Crippen LogP contribution in [0.5, 0.6) is 0 Å². The van der Waals surface area contributed by atoms with Crippen molar-refractivity contribution in [2.24, 2.45) is 0 Å². The number of amides is 2. The van der Waals surface area contributed by atoms with Gasteiger partial charge < -0.3 is 10.6 Å². The largest absolute Gasteiger partial charge is 0.419 e. The summed E-state index contributed by atoms with van der Waals surface area (Å²) in [6.07, 6.45) is -3.32. The number of rotatable bonds is 5. The number of carbonyl (C=O) groups is 2. The minimum atomic E-state index is -4.82. The Kier molecular flexibility index (Phi) is 5.16. The van der Waals surface area contributed by atoms with Crippen molar-refractivity contribution in [2.45, 2.75) is 31.9 Å². The third-order valence-electron chi connectivity index (χ3n) is 4.22. The van der Waals surface area contributed by atoms with Crippen molar-refractivity contribution < 1.29 is 27.2 Å². The summed E-state index contributed by atoms with van der Waals surface area (Å²) in [6, 6.07) is 7.93. The molecule has 1 aliphatic heterocycles. The Morgan fingerprint density at radius 3 is 2.67 bits per heavy atom. The average molecular weight is 380 g/mol. The van der Waals surface area contributed by atoms with E-state index < -0.39 is 23.5 Å². The number of carbonyl (C=O) groups excluding carboxylic acids is 2.